The predicted molar refractivity (Wildman–Crippen MR) is 156 cm³/mol. The van der Waals surface area contributed by atoms with Gasteiger partial charge >= 0.3 is 32.2 Å². The molecule has 0 saturated heterocycles. The fraction of sp³-hybridized carbons (Fsp3) is 0.440. The molecule has 2 rings (SSSR count). The molecule has 16 heteroatoms. The Morgan fingerprint density at radius 2 is 1.20 bits per heavy atom. The highest BCUT2D eigenvalue weighted by Gasteiger charge is 2.26. The average Bonchev–Trinajstić information content (AvgIpc) is 2.92. The van der Waals surface area contributed by atoms with Crippen molar-refractivity contribution in [3.05, 3.63) is 59.7 Å². The predicted octanol–water partition coefficient (Wildman–Crippen LogP) is 2.71. The van der Waals surface area contributed by atoms with Crippen LogP contribution >= 0.6 is 23.5 Å². The number of thioether (sulfide) groups is 2. The zero-order chi connectivity index (χ0) is 30.5. The van der Waals surface area contributed by atoms with E-state index < -0.39 is 42.8 Å². The van der Waals surface area contributed by atoms with E-state index in [4.69, 9.17) is 18.0 Å². The maximum absolute atomic E-state index is 12.5. The molecule has 0 aromatic heterocycles. The maximum atomic E-state index is 12.5. The molecule has 0 bridgehead atoms. The van der Waals surface area contributed by atoms with Crippen LogP contribution in [-0.2, 0) is 47.9 Å². The Bertz CT molecular complexity index is 1340. The Morgan fingerprint density at radius 1 is 0.732 bits per heavy atom. The molecule has 0 saturated carbocycles. The summed E-state index contributed by atoms with van der Waals surface area (Å²) < 4.78 is 69.6. The molecule has 0 spiro atoms. The first-order valence-electron chi connectivity index (χ1n) is 12.4. The van der Waals surface area contributed by atoms with Gasteiger partial charge in [0.1, 0.15) is 5.25 Å². The topological polar surface area (TPSA) is 163 Å². The quantitative estimate of drug-likeness (QED) is 0.105. The Hall–Kier alpha value is -2.18. The summed E-state index contributed by atoms with van der Waals surface area (Å²) in [5, 5.41) is -2.02. The highest BCUT2D eigenvalue weighted by molar-refractivity contribution is 8.04. The molecule has 0 aliphatic heterocycles. The van der Waals surface area contributed by atoms with Crippen molar-refractivity contribution in [2.45, 2.75) is 48.1 Å². The molecule has 0 aliphatic carbocycles. The normalized spacial score (nSPS) is 13.4. The molecule has 2 aromatic rings. The van der Waals surface area contributed by atoms with Crippen molar-refractivity contribution in [2.75, 3.05) is 31.3 Å². The maximum Gasteiger partial charge on any atom is 0.335 e. The number of hydrogen-bond acceptors (Lipinski definition) is 14. The summed E-state index contributed by atoms with van der Waals surface area (Å²) in [5.41, 5.74) is 6.34. The lowest BCUT2D eigenvalue weighted by Crippen LogP contribution is -2.37. The monoisotopic (exact) mass is 650 g/mol. The third kappa shape index (κ3) is 11.9. The van der Waals surface area contributed by atoms with Crippen LogP contribution in [0.5, 0.6) is 0 Å². The second-order valence-electron chi connectivity index (χ2n) is 8.28. The lowest BCUT2D eigenvalue weighted by molar-refractivity contribution is -0.145. The summed E-state index contributed by atoms with van der Waals surface area (Å²) in [7, 11) is -8.30. The Kier molecular flexibility index (Phi) is 14.6. The van der Waals surface area contributed by atoms with Crippen LogP contribution in [0, 0.1) is 13.8 Å². The number of rotatable bonds is 18. The van der Waals surface area contributed by atoms with Gasteiger partial charge in [-0.2, -0.15) is 36.4 Å². The SMILES string of the molecule is CCOC(=O)C(CNOS(=O)(=O)c1ccc(C)cc1)SCCSC(NOS(=O)(=O)c1ccc(C)cc1)C(=O)OCC. The van der Waals surface area contributed by atoms with E-state index in [0.29, 0.717) is 5.75 Å². The van der Waals surface area contributed by atoms with E-state index in [0.717, 1.165) is 34.7 Å². The number of aryl methyl sites for hydroxylation is 2. The molecular formula is C25H34N2O10S4. The second kappa shape index (κ2) is 17.1. The van der Waals surface area contributed by atoms with Gasteiger partial charge in [0.15, 0.2) is 5.37 Å². The molecular weight excluding hydrogens is 617 g/mol. The standard InChI is InChI=1S/C25H34N2O10S4/c1-5-34-24(28)22(17-26-36-40(30,31)20-11-7-18(3)8-12-20)38-15-16-39-23(25(29)35-6-2)27-37-41(32,33)21-13-9-19(4)10-14-21/h7-14,22-23,26-27H,5-6,15-17H2,1-4H3. The fourth-order valence-corrected chi connectivity index (χ4v) is 6.61. The van der Waals surface area contributed by atoms with Crippen molar-refractivity contribution in [3.63, 3.8) is 0 Å². The molecule has 0 aliphatic rings. The first-order chi connectivity index (χ1) is 19.4. The van der Waals surface area contributed by atoms with Gasteiger partial charge in [-0.25, -0.2) is 4.79 Å². The first kappa shape index (κ1) is 35.0. The zero-order valence-corrected chi connectivity index (χ0v) is 26.3. The number of carbonyl (C=O) groups is 2. The van der Waals surface area contributed by atoms with Crippen molar-refractivity contribution in [1.82, 2.24) is 11.0 Å². The number of carbonyl (C=O) groups excluding carboxylic acids is 2. The highest BCUT2D eigenvalue weighted by Crippen LogP contribution is 2.20. The van der Waals surface area contributed by atoms with E-state index in [1.54, 1.807) is 38.1 Å². The molecule has 2 aromatic carbocycles. The number of benzene rings is 2. The van der Waals surface area contributed by atoms with Gasteiger partial charge < -0.3 is 9.47 Å². The molecule has 2 atom stereocenters. The van der Waals surface area contributed by atoms with Gasteiger partial charge in [0, 0.05) is 18.1 Å². The molecule has 228 valence electrons. The third-order valence-electron chi connectivity index (χ3n) is 5.06. The molecule has 41 heavy (non-hydrogen) atoms. The van der Waals surface area contributed by atoms with Gasteiger partial charge in [-0.05, 0) is 52.0 Å². The van der Waals surface area contributed by atoms with Crippen LogP contribution in [0.4, 0.5) is 0 Å². The number of hydrogen-bond donors (Lipinski definition) is 2. The average molecular weight is 651 g/mol. The summed E-state index contributed by atoms with van der Waals surface area (Å²) in [6, 6.07) is 12.1. The number of hydroxylamine groups is 2. The Balaban J connectivity index is 1.94. The van der Waals surface area contributed by atoms with Crippen molar-refractivity contribution >= 4 is 55.7 Å². The van der Waals surface area contributed by atoms with Crippen LogP contribution in [0.2, 0.25) is 0 Å². The summed E-state index contributed by atoms with van der Waals surface area (Å²) in [6.07, 6.45) is 0. The molecule has 0 amide bonds. The second-order valence-corrected chi connectivity index (χ2v) is 13.9. The molecule has 0 radical (unpaired) electrons. The van der Waals surface area contributed by atoms with E-state index in [1.165, 1.54) is 24.3 Å². The summed E-state index contributed by atoms with van der Waals surface area (Å²) in [6.45, 7) is 6.88. The minimum absolute atomic E-state index is 0.0449. The largest absolute Gasteiger partial charge is 0.465 e. The molecule has 2 N–H and O–H groups in total. The van der Waals surface area contributed by atoms with Crippen molar-refractivity contribution in [3.8, 4) is 0 Å². The molecule has 12 nitrogen and oxygen atoms in total. The van der Waals surface area contributed by atoms with Crippen LogP contribution in [0.3, 0.4) is 0 Å². The van der Waals surface area contributed by atoms with Gasteiger partial charge in [-0.3, -0.25) is 4.79 Å². The van der Waals surface area contributed by atoms with Crippen LogP contribution in [-0.4, -0.2) is 70.7 Å². The summed E-state index contributed by atoms with van der Waals surface area (Å²) in [5.74, 6) is -0.769. The Labute approximate surface area is 249 Å². The van der Waals surface area contributed by atoms with Gasteiger partial charge in [0.2, 0.25) is 0 Å². The van der Waals surface area contributed by atoms with Crippen LogP contribution in [0.1, 0.15) is 25.0 Å². The number of ether oxygens (including phenoxy) is 2. The minimum atomic E-state index is -4.20. The Morgan fingerprint density at radius 3 is 1.71 bits per heavy atom. The molecule has 2 unspecified atom stereocenters. The zero-order valence-electron chi connectivity index (χ0n) is 23.0. The van der Waals surface area contributed by atoms with Gasteiger partial charge in [0.05, 0.1) is 23.0 Å². The van der Waals surface area contributed by atoms with Crippen LogP contribution in [0.25, 0.3) is 0 Å². The lowest BCUT2D eigenvalue weighted by Gasteiger charge is -2.18. The number of esters is 2. The van der Waals surface area contributed by atoms with E-state index in [9.17, 15) is 26.4 Å². The van der Waals surface area contributed by atoms with E-state index in [-0.39, 0.29) is 35.3 Å². The van der Waals surface area contributed by atoms with Crippen molar-refractivity contribution < 1.29 is 44.5 Å². The van der Waals surface area contributed by atoms with Crippen molar-refractivity contribution in [2.24, 2.45) is 0 Å². The molecule has 0 heterocycles. The van der Waals surface area contributed by atoms with E-state index in [2.05, 4.69) is 11.0 Å². The van der Waals surface area contributed by atoms with Crippen LogP contribution in [0.15, 0.2) is 58.3 Å². The van der Waals surface area contributed by atoms with E-state index in [1.807, 2.05) is 13.8 Å². The first-order valence-corrected chi connectivity index (χ1v) is 17.4. The van der Waals surface area contributed by atoms with Gasteiger partial charge in [-0.1, -0.05) is 35.4 Å². The minimum Gasteiger partial charge on any atom is -0.465 e. The van der Waals surface area contributed by atoms with Gasteiger partial charge in [-0.15, -0.1) is 23.5 Å². The van der Waals surface area contributed by atoms with Crippen LogP contribution < -0.4 is 11.0 Å². The lowest BCUT2D eigenvalue weighted by atomic mass is 10.2. The smallest absolute Gasteiger partial charge is 0.335 e. The summed E-state index contributed by atoms with van der Waals surface area (Å²) >= 11 is 2.14. The van der Waals surface area contributed by atoms with Gasteiger partial charge in [0.25, 0.3) is 0 Å². The molecule has 0 fully saturated rings. The summed E-state index contributed by atoms with van der Waals surface area (Å²) in [4.78, 5) is 24.7. The van der Waals surface area contributed by atoms with Crippen molar-refractivity contribution in [1.29, 1.82) is 0 Å². The van der Waals surface area contributed by atoms with E-state index >= 15 is 0 Å². The highest BCUT2D eigenvalue weighted by atomic mass is 32.2. The third-order valence-corrected chi connectivity index (χ3v) is 9.93. The number of nitrogens with one attached hydrogen (secondary N) is 2. The fourth-order valence-electron chi connectivity index (χ4n) is 2.97.